The first-order valence-corrected chi connectivity index (χ1v) is 8.41. The van der Waals surface area contributed by atoms with E-state index in [1.807, 2.05) is 0 Å². The summed E-state index contributed by atoms with van der Waals surface area (Å²) in [7, 11) is 0. The Labute approximate surface area is 151 Å². The summed E-state index contributed by atoms with van der Waals surface area (Å²) in [5.41, 5.74) is 0.296. The minimum atomic E-state index is -1.66. The Hall–Kier alpha value is -2.83. The fraction of sp³-hybridized carbons (Fsp3) is 0.421. The molecule has 2 rings (SSSR count). The van der Waals surface area contributed by atoms with Crippen molar-refractivity contribution < 1.29 is 18.7 Å². The van der Waals surface area contributed by atoms with Crippen LogP contribution in [0.5, 0.6) is 0 Å². The molecule has 1 aromatic carbocycles. The Morgan fingerprint density at radius 1 is 1.15 bits per heavy atom. The average Bonchev–Trinajstić information content (AvgIpc) is 2.56. The molecular formula is C19H22N2O5. The van der Waals surface area contributed by atoms with E-state index in [4.69, 9.17) is 9.15 Å². The number of hydrogen-bond donors (Lipinski definition) is 0. The van der Waals surface area contributed by atoms with Gasteiger partial charge in [0, 0.05) is 11.5 Å². The molecule has 1 heterocycles. The zero-order valence-corrected chi connectivity index (χ0v) is 15.6. The van der Waals surface area contributed by atoms with E-state index in [0.29, 0.717) is 22.2 Å². The van der Waals surface area contributed by atoms with Gasteiger partial charge in [0.05, 0.1) is 12.3 Å². The van der Waals surface area contributed by atoms with Crippen molar-refractivity contribution >= 4 is 28.4 Å². The average molecular weight is 358 g/mol. The molecule has 0 bridgehead atoms. The third-order valence-corrected chi connectivity index (χ3v) is 4.30. The summed E-state index contributed by atoms with van der Waals surface area (Å²) < 4.78 is 10.2. The number of carbonyl (C=O) groups is 2. The lowest BCUT2D eigenvalue weighted by Gasteiger charge is -2.21. The van der Waals surface area contributed by atoms with Crippen molar-refractivity contribution in [2.75, 3.05) is 6.61 Å². The fourth-order valence-electron chi connectivity index (χ4n) is 2.67. The molecule has 0 saturated heterocycles. The van der Waals surface area contributed by atoms with Crippen LogP contribution >= 0.6 is 0 Å². The molecule has 0 aliphatic carbocycles. The number of benzene rings is 1. The third-order valence-electron chi connectivity index (χ3n) is 4.30. The van der Waals surface area contributed by atoms with E-state index in [-0.39, 0.29) is 13.0 Å². The predicted octanol–water partition coefficient (Wildman–Crippen LogP) is 3.79. The van der Waals surface area contributed by atoms with Crippen LogP contribution in [-0.2, 0) is 14.3 Å². The Kier molecular flexibility index (Phi) is 5.69. The van der Waals surface area contributed by atoms with Gasteiger partial charge in [-0.3, -0.25) is 4.79 Å². The largest absolute Gasteiger partial charge is 0.464 e. The van der Waals surface area contributed by atoms with E-state index in [2.05, 4.69) is 10.2 Å². The molecule has 0 radical (unpaired) electrons. The SMILES string of the molecule is CCOC(=O)[C@](CC)(N=Nc1cc2c(C)cc(=O)oc2cc1C)C(C)=O. The molecule has 1 atom stereocenters. The van der Waals surface area contributed by atoms with Gasteiger partial charge in [0.1, 0.15) is 5.58 Å². The quantitative estimate of drug-likeness (QED) is 0.338. The van der Waals surface area contributed by atoms with Gasteiger partial charge in [-0.15, -0.1) is 0 Å². The van der Waals surface area contributed by atoms with Gasteiger partial charge >= 0.3 is 11.6 Å². The number of nitrogens with zero attached hydrogens (tertiary/aromatic N) is 2. The number of Topliss-reactive ketones (excluding diaryl/α,β-unsaturated/α-hetero) is 1. The fourth-order valence-corrected chi connectivity index (χ4v) is 2.67. The molecule has 138 valence electrons. The van der Waals surface area contributed by atoms with Crippen molar-refractivity contribution in [2.45, 2.75) is 46.6 Å². The lowest BCUT2D eigenvalue weighted by Crippen LogP contribution is -2.44. The lowest BCUT2D eigenvalue weighted by molar-refractivity contribution is -0.153. The molecule has 7 nitrogen and oxygen atoms in total. The Bertz CT molecular complexity index is 945. The normalized spacial score (nSPS) is 13.7. The van der Waals surface area contributed by atoms with E-state index in [0.717, 1.165) is 5.56 Å². The van der Waals surface area contributed by atoms with E-state index in [1.165, 1.54) is 13.0 Å². The van der Waals surface area contributed by atoms with Crippen LogP contribution in [0.25, 0.3) is 11.0 Å². The van der Waals surface area contributed by atoms with E-state index in [1.54, 1.807) is 39.8 Å². The summed E-state index contributed by atoms with van der Waals surface area (Å²) in [6.07, 6.45) is 0.144. The summed E-state index contributed by atoms with van der Waals surface area (Å²) >= 11 is 0. The highest BCUT2D eigenvalue weighted by molar-refractivity contribution is 6.07. The minimum Gasteiger partial charge on any atom is -0.464 e. The molecule has 0 saturated carbocycles. The van der Waals surface area contributed by atoms with Gasteiger partial charge in [-0.25, -0.2) is 9.59 Å². The monoisotopic (exact) mass is 358 g/mol. The van der Waals surface area contributed by atoms with Gasteiger partial charge in [-0.05, 0) is 57.4 Å². The van der Waals surface area contributed by atoms with Crippen LogP contribution < -0.4 is 5.63 Å². The van der Waals surface area contributed by atoms with Crippen molar-refractivity contribution in [1.82, 2.24) is 0 Å². The number of azo groups is 1. The number of aryl methyl sites for hydroxylation is 2. The standard InChI is InChI=1S/C19H22N2O5/c1-6-19(13(5)22,18(24)25-7-2)21-20-15-10-14-11(3)9-17(23)26-16(14)8-12(15)4/h8-10H,6-7H2,1-5H3/t19-/m1/s1. The van der Waals surface area contributed by atoms with Crippen LogP contribution in [0.2, 0.25) is 0 Å². The van der Waals surface area contributed by atoms with Crippen molar-refractivity contribution in [3.05, 3.63) is 39.7 Å². The maximum absolute atomic E-state index is 12.3. The number of hydrogen-bond acceptors (Lipinski definition) is 7. The number of fused-ring (bicyclic) bond motifs is 1. The molecule has 0 spiro atoms. The number of carbonyl (C=O) groups excluding carboxylic acids is 2. The van der Waals surface area contributed by atoms with Crippen LogP contribution in [0.3, 0.4) is 0 Å². The molecule has 2 aromatic rings. The smallest absolute Gasteiger partial charge is 0.343 e. The molecule has 0 fully saturated rings. The first kappa shape index (κ1) is 19.5. The van der Waals surface area contributed by atoms with Crippen molar-refractivity contribution in [3.63, 3.8) is 0 Å². The highest BCUT2D eigenvalue weighted by Crippen LogP contribution is 2.29. The molecular weight excluding hydrogens is 336 g/mol. The van der Waals surface area contributed by atoms with Gasteiger partial charge in [-0.1, -0.05) is 6.92 Å². The molecule has 0 N–H and O–H groups in total. The second-order valence-corrected chi connectivity index (χ2v) is 6.07. The van der Waals surface area contributed by atoms with Gasteiger partial charge in [0.15, 0.2) is 5.78 Å². The molecule has 7 heteroatoms. The molecule has 0 amide bonds. The molecule has 26 heavy (non-hydrogen) atoms. The molecule has 0 aliphatic heterocycles. The highest BCUT2D eigenvalue weighted by Gasteiger charge is 2.44. The number of esters is 1. The van der Waals surface area contributed by atoms with Crippen molar-refractivity contribution in [3.8, 4) is 0 Å². The van der Waals surface area contributed by atoms with Crippen LogP contribution in [-0.4, -0.2) is 23.9 Å². The summed E-state index contributed by atoms with van der Waals surface area (Å²) in [5, 5.41) is 8.97. The highest BCUT2D eigenvalue weighted by atomic mass is 16.5. The Morgan fingerprint density at radius 2 is 1.85 bits per heavy atom. The van der Waals surface area contributed by atoms with Crippen LogP contribution in [0.15, 0.2) is 37.6 Å². The van der Waals surface area contributed by atoms with Gasteiger partial charge in [0.25, 0.3) is 0 Å². The molecule has 0 unspecified atom stereocenters. The molecule has 0 aliphatic rings. The lowest BCUT2D eigenvalue weighted by atomic mass is 9.93. The van der Waals surface area contributed by atoms with Gasteiger partial charge < -0.3 is 9.15 Å². The van der Waals surface area contributed by atoms with Crippen LogP contribution in [0, 0.1) is 13.8 Å². The summed E-state index contributed by atoms with van der Waals surface area (Å²) in [4.78, 5) is 35.9. The third kappa shape index (κ3) is 3.56. The maximum atomic E-state index is 12.3. The second-order valence-electron chi connectivity index (χ2n) is 6.07. The summed E-state index contributed by atoms with van der Waals surface area (Å²) in [6.45, 7) is 8.37. The zero-order valence-electron chi connectivity index (χ0n) is 15.6. The summed E-state index contributed by atoms with van der Waals surface area (Å²) in [5.74, 6) is -1.14. The van der Waals surface area contributed by atoms with Gasteiger partial charge in [-0.2, -0.15) is 10.2 Å². The van der Waals surface area contributed by atoms with E-state index >= 15 is 0 Å². The zero-order chi connectivity index (χ0) is 19.5. The maximum Gasteiger partial charge on any atom is 0.343 e. The van der Waals surface area contributed by atoms with Crippen LogP contribution in [0.4, 0.5) is 5.69 Å². The molecule has 1 aromatic heterocycles. The second kappa shape index (κ2) is 7.59. The van der Waals surface area contributed by atoms with Crippen LogP contribution in [0.1, 0.15) is 38.3 Å². The van der Waals surface area contributed by atoms with E-state index < -0.39 is 22.9 Å². The Morgan fingerprint density at radius 3 is 2.42 bits per heavy atom. The van der Waals surface area contributed by atoms with E-state index in [9.17, 15) is 14.4 Å². The van der Waals surface area contributed by atoms with Gasteiger partial charge in [0.2, 0.25) is 5.54 Å². The number of rotatable bonds is 6. The number of ketones is 1. The van der Waals surface area contributed by atoms with Crippen molar-refractivity contribution in [1.29, 1.82) is 0 Å². The topological polar surface area (TPSA) is 98.3 Å². The Balaban J connectivity index is 2.57. The minimum absolute atomic E-state index is 0.144. The number of ether oxygens (including phenoxy) is 1. The first-order chi connectivity index (χ1) is 12.2. The first-order valence-electron chi connectivity index (χ1n) is 8.41. The summed E-state index contributed by atoms with van der Waals surface area (Å²) in [6, 6.07) is 4.80. The van der Waals surface area contributed by atoms with Crippen molar-refractivity contribution in [2.24, 2.45) is 10.2 Å². The predicted molar refractivity (Wildman–Crippen MR) is 96.8 cm³/mol.